The fourth-order valence-electron chi connectivity index (χ4n) is 2.69. The molecule has 150 valence electrons. The maximum atomic E-state index is 12.7. The van der Waals surface area contributed by atoms with Crippen molar-refractivity contribution in [3.05, 3.63) is 59.0 Å². The van der Waals surface area contributed by atoms with Gasteiger partial charge in [0.05, 0.1) is 11.5 Å². The first-order chi connectivity index (χ1) is 14.0. The highest BCUT2D eigenvalue weighted by Gasteiger charge is 2.32. The number of thioether (sulfide) groups is 1. The second-order valence-corrected chi connectivity index (χ2v) is 7.83. The van der Waals surface area contributed by atoms with Crippen LogP contribution in [0.4, 0.5) is 5.69 Å². The fourth-order valence-corrected chi connectivity index (χ4v) is 4.00. The van der Waals surface area contributed by atoms with Gasteiger partial charge in [-0.25, -0.2) is 0 Å². The first-order valence-corrected chi connectivity index (χ1v) is 10.3. The number of nitrogens with zero attached hydrogens (tertiary/aromatic N) is 1. The number of carbonyl (C=O) groups excluding carboxylic acids is 2. The number of para-hydroxylation sites is 1. The molecule has 2 aromatic carbocycles. The lowest BCUT2D eigenvalue weighted by Gasteiger charge is -2.14. The van der Waals surface area contributed by atoms with Crippen LogP contribution in [-0.2, 0) is 9.59 Å². The molecule has 0 aromatic heterocycles. The number of amides is 2. The second-order valence-electron chi connectivity index (χ2n) is 6.16. The number of carbonyl (C=O) groups is 2. The average molecular weight is 429 g/mol. The van der Waals surface area contributed by atoms with E-state index in [1.807, 2.05) is 25.1 Å². The van der Waals surface area contributed by atoms with Crippen LogP contribution < -0.4 is 10.1 Å². The van der Waals surface area contributed by atoms with E-state index in [2.05, 4.69) is 5.32 Å². The third-order valence-electron chi connectivity index (χ3n) is 4.08. The van der Waals surface area contributed by atoms with Crippen molar-refractivity contribution in [2.75, 3.05) is 18.5 Å². The van der Waals surface area contributed by atoms with Crippen molar-refractivity contribution in [2.24, 2.45) is 0 Å². The topological polar surface area (TPSA) is 78.9 Å². The average Bonchev–Trinajstić information content (AvgIpc) is 2.96. The lowest BCUT2D eigenvalue weighted by atomic mass is 10.2. The Hall–Kier alpha value is -2.84. The number of hydrogen-bond acceptors (Lipinski definition) is 6. The summed E-state index contributed by atoms with van der Waals surface area (Å²) in [5.41, 5.74) is 1.42. The number of thiocarbonyl (C=S) groups is 1. The predicted molar refractivity (Wildman–Crippen MR) is 119 cm³/mol. The minimum Gasteiger partial charge on any atom is -0.504 e. The van der Waals surface area contributed by atoms with Crippen molar-refractivity contribution in [1.82, 2.24) is 4.90 Å². The molecule has 2 amide bonds. The van der Waals surface area contributed by atoms with Crippen LogP contribution in [0, 0.1) is 0 Å². The summed E-state index contributed by atoms with van der Waals surface area (Å²) >= 11 is 6.50. The van der Waals surface area contributed by atoms with Gasteiger partial charge in [-0.2, -0.15) is 0 Å². The summed E-state index contributed by atoms with van der Waals surface area (Å²) in [4.78, 5) is 26.7. The zero-order valence-electron chi connectivity index (χ0n) is 15.8. The summed E-state index contributed by atoms with van der Waals surface area (Å²) in [6.07, 6.45) is 1.84. The molecule has 0 aliphatic carbocycles. The van der Waals surface area contributed by atoms with Crippen molar-refractivity contribution in [3.8, 4) is 11.5 Å². The molecular formula is C21H20N2O4S2. The number of ether oxygens (including phenoxy) is 1. The molecule has 0 spiro atoms. The highest BCUT2D eigenvalue weighted by molar-refractivity contribution is 8.26. The van der Waals surface area contributed by atoms with Crippen LogP contribution in [0.25, 0.3) is 6.08 Å². The molecule has 0 radical (unpaired) electrons. The van der Waals surface area contributed by atoms with Crippen LogP contribution >= 0.6 is 24.0 Å². The van der Waals surface area contributed by atoms with Gasteiger partial charge in [-0.15, -0.1) is 0 Å². The minimum absolute atomic E-state index is 0.0426. The Balaban J connectivity index is 1.64. The van der Waals surface area contributed by atoms with Gasteiger partial charge < -0.3 is 15.2 Å². The molecule has 2 N–H and O–H groups in total. The van der Waals surface area contributed by atoms with Crippen LogP contribution in [0.1, 0.15) is 18.9 Å². The van der Waals surface area contributed by atoms with Gasteiger partial charge in [0.15, 0.2) is 11.5 Å². The Bertz CT molecular complexity index is 960. The summed E-state index contributed by atoms with van der Waals surface area (Å²) in [5.74, 6) is -0.0250. The molecule has 1 aliphatic heterocycles. The molecule has 1 heterocycles. The van der Waals surface area contributed by atoms with E-state index in [0.29, 0.717) is 32.8 Å². The lowest BCUT2D eigenvalue weighted by molar-refractivity contribution is -0.122. The summed E-state index contributed by atoms with van der Waals surface area (Å²) in [7, 11) is 0. The number of hydrogen-bond donors (Lipinski definition) is 2. The Morgan fingerprint density at radius 2 is 2.03 bits per heavy atom. The fraction of sp³-hybridized carbons (Fsp3) is 0.190. The van der Waals surface area contributed by atoms with E-state index >= 15 is 0 Å². The molecule has 0 atom stereocenters. The number of anilines is 1. The minimum atomic E-state index is -0.237. The highest BCUT2D eigenvalue weighted by atomic mass is 32.2. The van der Waals surface area contributed by atoms with Gasteiger partial charge >= 0.3 is 0 Å². The van der Waals surface area contributed by atoms with Crippen LogP contribution in [0.2, 0.25) is 0 Å². The maximum absolute atomic E-state index is 12.7. The summed E-state index contributed by atoms with van der Waals surface area (Å²) in [5, 5.41) is 12.6. The Morgan fingerprint density at radius 3 is 2.76 bits per heavy atom. The molecule has 0 saturated carbocycles. The first-order valence-electron chi connectivity index (χ1n) is 9.04. The van der Waals surface area contributed by atoms with Gasteiger partial charge in [0.25, 0.3) is 5.91 Å². The molecule has 3 rings (SSSR count). The Labute approximate surface area is 178 Å². The summed E-state index contributed by atoms with van der Waals surface area (Å²) in [6.45, 7) is 2.45. The van der Waals surface area contributed by atoms with E-state index in [1.165, 1.54) is 22.7 Å². The van der Waals surface area contributed by atoms with Gasteiger partial charge in [0, 0.05) is 18.7 Å². The van der Waals surface area contributed by atoms with Gasteiger partial charge in [0.2, 0.25) is 5.91 Å². The molecule has 0 unspecified atom stereocenters. The number of phenolic OH excluding ortho intramolecular Hbond substituents is 1. The van der Waals surface area contributed by atoms with Crippen molar-refractivity contribution in [1.29, 1.82) is 0 Å². The molecule has 1 saturated heterocycles. The van der Waals surface area contributed by atoms with Gasteiger partial charge in [-0.05, 0) is 42.8 Å². The van der Waals surface area contributed by atoms with Crippen LogP contribution in [-0.4, -0.2) is 39.3 Å². The highest BCUT2D eigenvalue weighted by Crippen LogP contribution is 2.34. The van der Waals surface area contributed by atoms with E-state index in [9.17, 15) is 14.7 Å². The number of benzene rings is 2. The molecular weight excluding hydrogens is 408 g/mol. The van der Waals surface area contributed by atoms with Crippen molar-refractivity contribution >= 4 is 51.9 Å². The molecule has 0 bridgehead atoms. The zero-order valence-corrected chi connectivity index (χ0v) is 17.4. The first kappa shape index (κ1) is 20.9. The lowest BCUT2D eigenvalue weighted by Crippen LogP contribution is -2.31. The van der Waals surface area contributed by atoms with E-state index in [0.717, 1.165) is 0 Å². The summed E-state index contributed by atoms with van der Waals surface area (Å²) < 4.78 is 5.79. The normalized spacial score (nSPS) is 15.1. The monoisotopic (exact) mass is 428 g/mol. The number of nitrogens with one attached hydrogen (secondary N) is 1. The maximum Gasteiger partial charge on any atom is 0.266 e. The van der Waals surface area contributed by atoms with Gasteiger partial charge in [-0.3, -0.25) is 14.5 Å². The molecule has 29 heavy (non-hydrogen) atoms. The van der Waals surface area contributed by atoms with E-state index < -0.39 is 0 Å². The largest absolute Gasteiger partial charge is 0.504 e. The van der Waals surface area contributed by atoms with Crippen LogP contribution in [0.5, 0.6) is 11.5 Å². The number of phenols is 1. The third kappa shape index (κ3) is 5.36. The molecule has 1 aliphatic rings. The predicted octanol–water partition coefficient (Wildman–Crippen LogP) is 4.02. The van der Waals surface area contributed by atoms with Crippen molar-refractivity contribution in [2.45, 2.75) is 13.3 Å². The Morgan fingerprint density at radius 1 is 1.28 bits per heavy atom. The van der Waals surface area contributed by atoms with Crippen LogP contribution in [0.15, 0.2) is 53.4 Å². The molecule has 8 heteroatoms. The van der Waals surface area contributed by atoms with Crippen molar-refractivity contribution < 1.29 is 19.4 Å². The van der Waals surface area contributed by atoms with Crippen LogP contribution in [0.3, 0.4) is 0 Å². The van der Waals surface area contributed by atoms with E-state index in [-0.39, 0.29) is 30.5 Å². The number of aromatic hydroxyl groups is 1. The number of rotatable bonds is 7. The molecule has 6 nitrogen and oxygen atoms in total. The van der Waals surface area contributed by atoms with E-state index in [4.69, 9.17) is 17.0 Å². The second kappa shape index (κ2) is 9.58. The molecule has 1 fully saturated rings. The van der Waals surface area contributed by atoms with Gasteiger partial charge in [0.1, 0.15) is 4.32 Å². The Kier molecular flexibility index (Phi) is 6.90. The van der Waals surface area contributed by atoms with Gasteiger partial charge in [-0.1, -0.05) is 48.2 Å². The quantitative estimate of drug-likeness (QED) is 0.512. The van der Waals surface area contributed by atoms with E-state index in [1.54, 1.807) is 30.3 Å². The standard InChI is InChI=1S/C21H20N2O4S2/c1-2-27-17-12-14(8-9-16(17)24)13-18-20(26)23(21(28)29-18)11-10-19(25)22-15-6-4-3-5-7-15/h3-9,12-13,24H,2,10-11H2,1H3,(H,22,25)/b18-13-. The summed E-state index contributed by atoms with van der Waals surface area (Å²) in [6, 6.07) is 14.0. The smallest absolute Gasteiger partial charge is 0.266 e. The zero-order chi connectivity index (χ0) is 20.8. The third-order valence-corrected chi connectivity index (χ3v) is 5.45. The van der Waals surface area contributed by atoms with Crippen molar-refractivity contribution in [3.63, 3.8) is 0 Å². The SMILES string of the molecule is CCOc1cc(/C=C2\SC(=S)N(CCC(=O)Nc3ccccc3)C2=O)ccc1O. The molecule has 2 aromatic rings.